The minimum Gasteiger partial charge on any atom is -0.470 e. The number of amides is 1. The molecule has 9 heteroatoms. The van der Waals surface area contributed by atoms with Crippen molar-refractivity contribution < 1.29 is 9.53 Å². The lowest BCUT2D eigenvalue weighted by Gasteiger charge is -2.38. The Labute approximate surface area is 162 Å². The summed E-state index contributed by atoms with van der Waals surface area (Å²) >= 11 is 6.13. The van der Waals surface area contributed by atoms with Crippen molar-refractivity contribution in [2.75, 3.05) is 13.1 Å². The van der Waals surface area contributed by atoms with Crippen LogP contribution in [0.3, 0.4) is 0 Å². The fourth-order valence-corrected chi connectivity index (χ4v) is 3.52. The van der Waals surface area contributed by atoms with Crippen LogP contribution in [-0.4, -0.2) is 40.0 Å². The van der Waals surface area contributed by atoms with Gasteiger partial charge in [-0.2, -0.15) is 0 Å². The number of pyridine rings is 2. The van der Waals surface area contributed by atoms with Gasteiger partial charge < -0.3 is 9.64 Å². The summed E-state index contributed by atoms with van der Waals surface area (Å²) < 4.78 is 5.98. The minimum atomic E-state index is -0.750. The Hall–Kier alpha value is -2.57. The second-order valence-corrected chi connectivity index (χ2v) is 7.29. The zero-order valence-electron chi connectivity index (χ0n) is 15.5. The van der Waals surface area contributed by atoms with Crippen molar-refractivity contribution in [2.24, 2.45) is 5.11 Å². The second kappa shape index (κ2) is 7.58. The van der Waals surface area contributed by atoms with Crippen LogP contribution in [0.15, 0.2) is 23.6 Å². The van der Waals surface area contributed by atoms with Crippen molar-refractivity contribution in [1.82, 2.24) is 14.9 Å². The van der Waals surface area contributed by atoms with Gasteiger partial charge in [-0.05, 0) is 35.9 Å². The van der Waals surface area contributed by atoms with E-state index in [0.29, 0.717) is 35.9 Å². The molecule has 1 aliphatic rings. The molecule has 0 spiro atoms. The molecule has 0 N–H and O–H groups in total. The van der Waals surface area contributed by atoms with E-state index in [4.69, 9.17) is 21.9 Å². The first-order chi connectivity index (χ1) is 12.9. The molecule has 1 amide bonds. The van der Waals surface area contributed by atoms with Crippen molar-refractivity contribution in [2.45, 2.75) is 45.3 Å². The number of carbonyl (C=O) groups is 1. The highest BCUT2D eigenvalue weighted by Gasteiger charge is 2.32. The van der Waals surface area contributed by atoms with E-state index in [9.17, 15) is 4.79 Å². The maximum Gasteiger partial charge on any atom is 0.223 e. The van der Waals surface area contributed by atoms with Gasteiger partial charge in [-0.15, -0.1) is 0 Å². The zero-order valence-corrected chi connectivity index (χ0v) is 16.3. The monoisotopic (exact) mass is 388 g/mol. The summed E-state index contributed by atoms with van der Waals surface area (Å²) in [4.78, 5) is 24.7. The molecule has 2 aromatic rings. The van der Waals surface area contributed by atoms with Gasteiger partial charge in [0.1, 0.15) is 11.3 Å². The zero-order chi connectivity index (χ0) is 19.6. The molecule has 0 aromatic carbocycles. The third-order valence-corrected chi connectivity index (χ3v) is 5.06. The van der Waals surface area contributed by atoms with Gasteiger partial charge in [0.2, 0.25) is 11.8 Å². The van der Waals surface area contributed by atoms with Crippen molar-refractivity contribution in [3.05, 3.63) is 39.6 Å². The number of halogens is 1. The van der Waals surface area contributed by atoms with Gasteiger partial charge in [0.15, 0.2) is 0 Å². The predicted molar refractivity (Wildman–Crippen MR) is 103 cm³/mol. The molecular weight excluding hydrogens is 368 g/mol. The second-order valence-electron chi connectivity index (χ2n) is 6.91. The summed E-state index contributed by atoms with van der Waals surface area (Å²) in [6.45, 7) is 6.53. The normalized spacial score (nSPS) is 16.4. The lowest BCUT2D eigenvalue weighted by atomic mass is 9.87. The largest absolute Gasteiger partial charge is 0.470 e. The molecule has 2 aromatic heterocycles. The van der Waals surface area contributed by atoms with Crippen LogP contribution in [-0.2, 0) is 10.3 Å². The minimum absolute atomic E-state index is 0.0289. The Morgan fingerprint density at radius 2 is 2.19 bits per heavy atom. The van der Waals surface area contributed by atoms with Crippen molar-refractivity contribution in [3.8, 4) is 5.88 Å². The maximum atomic E-state index is 11.3. The summed E-state index contributed by atoms with van der Waals surface area (Å²) in [5.41, 5.74) is 9.08. The highest BCUT2D eigenvalue weighted by atomic mass is 35.5. The van der Waals surface area contributed by atoms with Crippen molar-refractivity contribution in [3.63, 3.8) is 0 Å². The Morgan fingerprint density at radius 3 is 2.81 bits per heavy atom. The quantitative estimate of drug-likeness (QED) is 0.319. The molecule has 0 unspecified atom stereocenters. The average Bonchev–Trinajstić information content (AvgIpc) is 2.57. The number of azide groups is 1. The van der Waals surface area contributed by atoms with Gasteiger partial charge in [0.05, 0.1) is 24.0 Å². The standard InChI is InChI=1S/C18H21ClN6O2/c1-4-5-18(3,23-24-20)15-8-22-17(14-7-21-16(19)6-13(14)15)27-12-9-25(10-12)11(2)26/h6-8,12H,4-5,9-10H2,1-3H3/t18-/m0/s1. The first-order valence-electron chi connectivity index (χ1n) is 8.81. The van der Waals surface area contributed by atoms with Crippen molar-refractivity contribution >= 4 is 28.3 Å². The molecule has 3 heterocycles. The van der Waals surface area contributed by atoms with E-state index in [2.05, 4.69) is 20.0 Å². The van der Waals surface area contributed by atoms with E-state index in [1.807, 2.05) is 13.8 Å². The summed E-state index contributed by atoms with van der Waals surface area (Å²) in [5.74, 6) is 0.465. The molecule has 0 saturated carbocycles. The maximum absolute atomic E-state index is 11.3. The summed E-state index contributed by atoms with van der Waals surface area (Å²) in [7, 11) is 0. The third-order valence-electron chi connectivity index (χ3n) is 4.86. The Balaban J connectivity index is 2.02. The number of hydrogen-bond acceptors (Lipinski definition) is 5. The third kappa shape index (κ3) is 3.77. The molecule has 0 aliphatic carbocycles. The number of carbonyl (C=O) groups excluding carboxylic acids is 1. The molecule has 1 saturated heterocycles. The van der Waals surface area contributed by atoms with Crippen LogP contribution < -0.4 is 4.74 Å². The van der Waals surface area contributed by atoms with E-state index in [0.717, 1.165) is 17.4 Å². The van der Waals surface area contributed by atoms with E-state index in [1.54, 1.807) is 23.4 Å². The number of aromatic nitrogens is 2. The highest BCUT2D eigenvalue weighted by molar-refractivity contribution is 6.30. The lowest BCUT2D eigenvalue weighted by Crippen LogP contribution is -2.55. The van der Waals surface area contributed by atoms with Gasteiger partial charge >= 0.3 is 0 Å². The van der Waals surface area contributed by atoms with E-state index in [1.165, 1.54) is 6.92 Å². The predicted octanol–water partition coefficient (Wildman–Crippen LogP) is 4.22. The fraction of sp³-hybridized carbons (Fsp3) is 0.500. The topological polar surface area (TPSA) is 104 Å². The highest BCUT2D eigenvalue weighted by Crippen LogP contribution is 2.38. The number of fused-ring (bicyclic) bond motifs is 1. The molecule has 0 radical (unpaired) electrons. The number of hydrogen-bond donors (Lipinski definition) is 0. The number of nitrogens with zero attached hydrogens (tertiary/aromatic N) is 6. The lowest BCUT2D eigenvalue weighted by molar-refractivity contribution is -0.137. The molecule has 0 bridgehead atoms. The Morgan fingerprint density at radius 1 is 1.44 bits per heavy atom. The van der Waals surface area contributed by atoms with Crippen LogP contribution in [0, 0.1) is 0 Å². The number of rotatable bonds is 6. The van der Waals surface area contributed by atoms with Crippen LogP contribution in [0.25, 0.3) is 21.2 Å². The summed E-state index contributed by atoms with van der Waals surface area (Å²) in [5, 5.41) is 5.87. The van der Waals surface area contributed by atoms with E-state index >= 15 is 0 Å². The molecule has 1 atom stereocenters. The molecule has 1 aliphatic heterocycles. The van der Waals surface area contributed by atoms with Crippen LogP contribution in [0.2, 0.25) is 5.15 Å². The SMILES string of the molecule is CCC[C@](C)(N=[N+]=[N-])c1cnc(OC2CN(C(C)=O)C2)c2cnc(Cl)cc12. The Kier molecular flexibility index (Phi) is 5.39. The average molecular weight is 389 g/mol. The Bertz CT molecular complexity index is 923. The van der Waals surface area contributed by atoms with Gasteiger partial charge in [0.25, 0.3) is 0 Å². The smallest absolute Gasteiger partial charge is 0.223 e. The summed E-state index contributed by atoms with van der Waals surface area (Å²) in [6.07, 6.45) is 4.71. The molecule has 3 rings (SSSR count). The first kappa shape index (κ1) is 19.2. The van der Waals surface area contributed by atoms with Crippen LogP contribution in [0.1, 0.15) is 39.2 Å². The molecule has 1 fully saturated rings. The molecule has 8 nitrogen and oxygen atoms in total. The van der Waals surface area contributed by atoms with Crippen LogP contribution >= 0.6 is 11.6 Å². The first-order valence-corrected chi connectivity index (χ1v) is 9.19. The number of likely N-dealkylation sites (tertiary alicyclic amines) is 1. The molecule has 27 heavy (non-hydrogen) atoms. The summed E-state index contributed by atoms with van der Waals surface area (Å²) in [6, 6.07) is 1.74. The van der Waals surface area contributed by atoms with E-state index in [-0.39, 0.29) is 12.0 Å². The fourth-order valence-electron chi connectivity index (χ4n) is 3.36. The van der Waals surface area contributed by atoms with Gasteiger partial charge in [-0.3, -0.25) is 4.79 Å². The van der Waals surface area contributed by atoms with E-state index < -0.39 is 5.54 Å². The molecule has 142 valence electrons. The van der Waals surface area contributed by atoms with Crippen molar-refractivity contribution in [1.29, 1.82) is 0 Å². The van der Waals surface area contributed by atoms with Gasteiger partial charge in [0, 0.05) is 24.2 Å². The van der Waals surface area contributed by atoms with Crippen LogP contribution in [0.5, 0.6) is 5.88 Å². The van der Waals surface area contributed by atoms with Gasteiger partial charge in [-0.1, -0.05) is 30.1 Å². The van der Waals surface area contributed by atoms with Gasteiger partial charge in [-0.25, -0.2) is 9.97 Å². The van der Waals surface area contributed by atoms with Crippen LogP contribution in [0.4, 0.5) is 0 Å². The number of ether oxygens (including phenoxy) is 1. The molecular formula is C18H21ClN6O2.